The number of hydrogen-bond donors (Lipinski definition) is 0. The summed E-state index contributed by atoms with van der Waals surface area (Å²) in [6, 6.07) is 2.03. The number of hydrogen-bond acceptors (Lipinski definition) is 2. The predicted molar refractivity (Wildman–Crippen MR) is 65.9 cm³/mol. The van der Waals surface area contributed by atoms with Gasteiger partial charge in [-0.05, 0) is 25.8 Å². The molecular weight excluding hydrogens is 224 g/mol. The lowest BCUT2D eigenvalue weighted by molar-refractivity contribution is -0.118. The van der Waals surface area contributed by atoms with Crippen LogP contribution in [0.2, 0.25) is 0 Å². The highest BCUT2D eigenvalue weighted by atomic mass is 35.5. The zero-order valence-corrected chi connectivity index (χ0v) is 10.8. The molecule has 4 heteroatoms. The van der Waals surface area contributed by atoms with Gasteiger partial charge in [-0.1, -0.05) is 6.92 Å². The number of halogens is 1. The van der Waals surface area contributed by atoms with Crippen LogP contribution in [0.25, 0.3) is 0 Å². The van der Waals surface area contributed by atoms with Crippen molar-refractivity contribution in [2.45, 2.75) is 46.1 Å². The molecule has 0 aliphatic carbocycles. The SMILES string of the molecule is CCc1cc(CC(=O)CCCCl)n(CC)n1. The van der Waals surface area contributed by atoms with Crippen LogP contribution in [0.4, 0.5) is 0 Å². The molecule has 16 heavy (non-hydrogen) atoms. The fourth-order valence-electron chi connectivity index (χ4n) is 1.66. The standard InChI is InChI=1S/C12H19ClN2O/c1-3-10-8-11(15(4-2)14-10)9-12(16)6-5-7-13/h8H,3-7,9H2,1-2H3. The molecule has 0 saturated carbocycles. The van der Waals surface area contributed by atoms with E-state index in [0.29, 0.717) is 18.7 Å². The molecule has 0 amide bonds. The molecule has 3 nitrogen and oxygen atoms in total. The zero-order chi connectivity index (χ0) is 12.0. The Kier molecular flexibility index (Phi) is 5.53. The van der Waals surface area contributed by atoms with Crippen molar-refractivity contribution in [2.24, 2.45) is 0 Å². The van der Waals surface area contributed by atoms with E-state index < -0.39 is 0 Å². The fraction of sp³-hybridized carbons (Fsp3) is 0.667. The minimum Gasteiger partial charge on any atom is -0.299 e. The van der Waals surface area contributed by atoms with Gasteiger partial charge in [-0.25, -0.2) is 0 Å². The summed E-state index contributed by atoms with van der Waals surface area (Å²) in [6.07, 6.45) is 2.73. The van der Waals surface area contributed by atoms with Gasteiger partial charge in [0.25, 0.3) is 0 Å². The Labute approximate surface area is 102 Å². The van der Waals surface area contributed by atoms with Crippen molar-refractivity contribution in [1.82, 2.24) is 9.78 Å². The van der Waals surface area contributed by atoms with Crippen LogP contribution >= 0.6 is 11.6 Å². The summed E-state index contributed by atoms with van der Waals surface area (Å²) in [5.41, 5.74) is 2.08. The van der Waals surface area contributed by atoms with Crippen LogP contribution in [0.5, 0.6) is 0 Å². The largest absolute Gasteiger partial charge is 0.299 e. The molecule has 0 bridgehead atoms. The van der Waals surface area contributed by atoms with Crippen LogP contribution < -0.4 is 0 Å². The first kappa shape index (κ1) is 13.2. The molecule has 90 valence electrons. The summed E-state index contributed by atoms with van der Waals surface area (Å²) < 4.78 is 1.91. The highest BCUT2D eigenvalue weighted by Gasteiger charge is 2.10. The van der Waals surface area contributed by atoms with Crippen molar-refractivity contribution in [3.8, 4) is 0 Å². The Morgan fingerprint density at radius 2 is 2.25 bits per heavy atom. The van der Waals surface area contributed by atoms with Crippen molar-refractivity contribution < 1.29 is 4.79 Å². The number of alkyl halides is 1. The van der Waals surface area contributed by atoms with E-state index in [9.17, 15) is 4.79 Å². The van der Waals surface area contributed by atoms with Gasteiger partial charge in [0.1, 0.15) is 5.78 Å². The summed E-state index contributed by atoms with van der Waals surface area (Å²) in [5.74, 6) is 0.803. The van der Waals surface area contributed by atoms with Gasteiger partial charge in [-0.3, -0.25) is 9.48 Å². The highest BCUT2D eigenvalue weighted by Crippen LogP contribution is 2.08. The van der Waals surface area contributed by atoms with Crippen LogP contribution in [0.15, 0.2) is 6.07 Å². The van der Waals surface area contributed by atoms with Crippen molar-refractivity contribution in [3.63, 3.8) is 0 Å². The molecule has 0 unspecified atom stereocenters. The van der Waals surface area contributed by atoms with Gasteiger partial charge in [-0.2, -0.15) is 5.10 Å². The average Bonchev–Trinajstić information content (AvgIpc) is 2.68. The van der Waals surface area contributed by atoms with Crippen LogP contribution in [-0.2, 0) is 24.2 Å². The lowest BCUT2D eigenvalue weighted by Gasteiger charge is -2.03. The quantitative estimate of drug-likeness (QED) is 0.689. The average molecular weight is 243 g/mol. The molecule has 0 fully saturated rings. The van der Waals surface area contributed by atoms with Gasteiger partial charge in [0.05, 0.1) is 5.69 Å². The van der Waals surface area contributed by atoms with Gasteiger partial charge < -0.3 is 0 Å². The first-order valence-electron chi connectivity index (χ1n) is 5.84. The third-order valence-corrected chi connectivity index (χ3v) is 2.81. The van der Waals surface area contributed by atoms with Gasteiger partial charge in [0.2, 0.25) is 0 Å². The number of ketones is 1. The second kappa shape index (κ2) is 6.69. The topological polar surface area (TPSA) is 34.9 Å². The fourth-order valence-corrected chi connectivity index (χ4v) is 1.79. The van der Waals surface area contributed by atoms with Crippen LogP contribution in [0.3, 0.4) is 0 Å². The maximum absolute atomic E-state index is 11.6. The van der Waals surface area contributed by atoms with E-state index in [1.807, 2.05) is 17.7 Å². The number of rotatable bonds is 7. The minimum atomic E-state index is 0.248. The summed E-state index contributed by atoms with van der Waals surface area (Å²) in [7, 11) is 0. The number of carbonyl (C=O) groups is 1. The van der Waals surface area contributed by atoms with Crippen LogP contribution in [-0.4, -0.2) is 21.4 Å². The summed E-state index contributed by atoms with van der Waals surface area (Å²) >= 11 is 5.56. The smallest absolute Gasteiger partial charge is 0.138 e. The van der Waals surface area contributed by atoms with Crippen LogP contribution in [0, 0.1) is 0 Å². The van der Waals surface area contributed by atoms with Crippen LogP contribution in [0.1, 0.15) is 38.1 Å². The maximum atomic E-state index is 11.6. The molecule has 0 atom stereocenters. The molecular formula is C12H19ClN2O. The Morgan fingerprint density at radius 1 is 1.50 bits per heavy atom. The van der Waals surface area contributed by atoms with E-state index in [2.05, 4.69) is 12.0 Å². The molecule has 0 radical (unpaired) electrons. The van der Waals surface area contributed by atoms with Gasteiger partial charge >= 0.3 is 0 Å². The lowest BCUT2D eigenvalue weighted by atomic mass is 10.1. The third kappa shape index (κ3) is 3.63. The Bertz CT molecular complexity index is 347. The predicted octanol–water partition coefficient (Wildman–Crippen LogP) is 2.60. The number of Topliss-reactive ketones (excluding diaryl/α,β-unsaturated/α-hetero) is 1. The molecule has 0 aromatic carbocycles. The Morgan fingerprint density at radius 3 is 2.81 bits per heavy atom. The van der Waals surface area contributed by atoms with E-state index in [1.165, 1.54) is 0 Å². The molecule has 1 rings (SSSR count). The Hall–Kier alpha value is -0.830. The molecule has 0 N–H and O–H groups in total. The first-order valence-corrected chi connectivity index (χ1v) is 6.38. The van der Waals surface area contributed by atoms with E-state index >= 15 is 0 Å². The molecule has 0 aliphatic rings. The van der Waals surface area contributed by atoms with E-state index in [-0.39, 0.29) is 5.78 Å². The molecule has 1 heterocycles. The number of aryl methyl sites for hydroxylation is 2. The number of nitrogens with zero attached hydrogens (tertiary/aromatic N) is 2. The molecule has 0 saturated heterocycles. The molecule has 0 aliphatic heterocycles. The molecule has 0 spiro atoms. The van der Waals surface area contributed by atoms with Crippen molar-refractivity contribution in [1.29, 1.82) is 0 Å². The summed E-state index contributed by atoms with van der Waals surface area (Å²) in [5, 5.41) is 4.42. The maximum Gasteiger partial charge on any atom is 0.138 e. The second-order valence-corrected chi connectivity index (χ2v) is 4.18. The summed E-state index contributed by atoms with van der Waals surface area (Å²) in [6.45, 7) is 4.93. The Balaban J connectivity index is 2.64. The van der Waals surface area contributed by atoms with E-state index in [4.69, 9.17) is 11.6 Å². The van der Waals surface area contributed by atoms with Crippen molar-refractivity contribution in [3.05, 3.63) is 17.5 Å². The molecule has 1 aromatic rings. The number of carbonyl (C=O) groups excluding carboxylic acids is 1. The van der Waals surface area contributed by atoms with Crippen molar-refractivity contribution >= 4 is 17.4 Å². The normalized spacial score (nSPS) is 10.7. The first-order chi connectivity index (χ1) is 7.71. The second-order valence-electron chi connectivity index (χ2n) is 3.80. The summed E-state index contributed by atoms with van der Waals surface area (Å²) in [4.78, 5) is 11.6. The monoisotopic (exact) mass is 242 g/mol. The van der Waals surface area contributed by atoms with Gasteiger partial charge in [0.15, 0.2) is 0 Å². The number of aromatic nitrogens is 2. The van der Waals surface area contributed by atoms with Gasteiger partial charge in [-0.15, -0.1) is 11.6 Å². The van der Waals surface area contributed by atoms with Crippen molar-refractivity contribution in [2.75, 3.05) is 5.88 Å². The van der Waals surface area contributed by atoms with Gasteiger partial charge in [0, 0.05) is 31.0 Å². The highest BCUT2D eigenvalue weighted by molar-refractivity contribution is 6.17. The third-order valence-electron chi connectivity index (χ3n) is 2.54. The molecule has 1 aromatic heterocycles. The van der Waals surface area contributed by atoms with E-state index in [1.54, 1.807) is 0 Å². The van der Waals surface area contributed by atoms with E-state index in [0.717, 1.165) is 30.8 Å². The lowest BCUT2D eigenvalue weighted by Crippen LogP contribution is -2.09. The minimum absolute atomic E-state index is 0.248. The zero-order valence-electron chi connectivity index (χ0n) is 10.0.